The Morgan fingerprint density at radius 2 is 1.52 bits per heavy atom. The molecule has 0 aromatic heterocycles. The van der Waals surface area contributed by atoms with E-state index in [-0.39, 0.29) is 23.8 Å². The first kappa shape index (κ1) is 24.5. The molecule has 0 atom stereocenters. The lowest BCUT2D eigenvalue weighted by Gasteiger charge is -2.23. The van der Waals surface area contributed by atoms with Gasteiger partial charge < -0.3 is 15.4 Å². The third-order valence-electron chi connectivity index (χ3n) is 5.02. The van der Waals surface area contributed by atoms with Gasteiger partial charge in [0.2, 0.25) is 5.91 Å². The molecule has 3 rings (SSSR count). The SMILES string of the molecule is CC(C)(C)c1cc(Br)ccc1OCC(=O)Nc1cccc(NC(=O)CCc2ccccc2)c1. The first-order valence-electron chi connectivity index (χ1n) is 10.9. The number of aryl methyl sites for hydroxylation is 1. The highest BCUT2D eigenvalue weighted by Crippen LogP contribution is 2.33. The maximum atomic E-state index is 12.5. The van der Waals surface area contributed by atoms with Crippen LogP contribution in [-0.4, -0.2) is 18.4 Å². The van der Waals surface area contributed by atoms with Crippen molar-refractivity contribution < 1.29 is 14.3 Å². The molecule has 0 aliphatic carbocycles. The summed E-state index contributed by atoms with van der Waals surface area (Å²) in [5, 5.41) is 5.72. The zero-order valence-electron chi connectivity index (χ0n) is 19.2. The van der Waals surface area contributed by atoms with Crippen molar-refractivity contribution in [3.8, 4) is 5.75 Å². The molecule has 172 valence electrons. The Hall–Kier alpha value is -3.12. The zero-order chi connectivity index (χ0) is 23.8. The van der Waals surface area contributed by atoms with Gasteiger partial charge in [-0.15, -0.1) is 0 Å². The molecule has 0 bridgehead atoms. The standard InChI is InChI=1S/C27H29BrN2O3/c1-27(2,3)23-16-20(28)13-14-24(23)33-18-26(32)30-22-11-7-10-21(17-22)29-25(31)15-12-19-8-5-4-6-9-19/h4-11,13-14,16-17H,12,15,18H2,1-3H3,(H,29,31)(H,30,32). The Kier molecular flexibility index (Phi) is 8.28. The van der Waals surface area contributed by atoms with Crippen molar-refractivity contribution in [1.29, 1.82) is 0 Å². The molecule has 0 fully saturated rings. The average Bonchev–Trinajstić information content (AvgIpc) is 2.77. The van der Waals surface area contributed by atoms with E-state index in [1.54, 1.807) is 24.3 Å². The predicted molar refractivity (Wildman–Crippen MR) is 137 cm³/mol. The van der Waals surface area contributed by atoms with Crippen LogP contribution in [0.15, 0.2) is 77.3 Å². The maximum Gasteiger partial charge on any atom is 0.262 e. The van der Waals surface area contributed by atoms with Gasteiger partial charge in [0.05, 0.1) is 0 Å². The zero-order valence-corrected chi connectivity index (χ0v) is 20.7. The van der Waals surface area contributed by atoms with Crippen LogP contribution in [0.25, 0.3) is 0 Å². The van der Waals surface area contributed by atoms with Crippen molar-refractivity contribution in [2.24, 2.45) is 0 Å². The molecule has 3 aromatic carbocycles. The lowest BCUT2D eigenvalue weighted by Crippen LogP contribution is -2.22. The highest BCUT2D eigenvalue weighted by Gasteiger charge is 2.20. The van der Waals surface area contributed by atoms with Crippen LogP contribution >= 0.6 is 15.9 Å². The summed E-state index contributed by atoms with van der Waals surface area (Å²) in [6.45, 7) is 6.18. The number of anilines is 2. The second-order valence-corrected chi connectivity index (χ2v) is 9.76. The second-order valence-electron chi connectivity index (χ2n) is 8.84. The number of carbonyl (C=O) groups is 2. The highest BCUT2D eigenvalue weighted by atomic mass is 79.9. The van der Waals surface area contributed by atoms with Crippen molar-refractivity contribution in [2.45, 2.75) is 39.0 Å². The molecule has 0 aliphatic rings. The predicted octanol–water partition coefficient (Wildman–Crippen LogP) is 6.34. The second kappa shape index (κ2) is 11.1. The van der Waals surface area contributed by atoms with Gasteiger partial charge in [-0.1, -0.05) is 73.1 Å². The molecule has 2 amide bonds. The molecule has 0 saturated heterocycles. The average molecular weight is 509 g/mol. The minimum absolute atomic E-state index is 0.0735. The summed E-state index contributed by atoms with van der Waals surface area (Å²) >= 11 is 3.49. The van der Waals surface area contributed by atoms with Crippen LogP contribution in [0.4, 0.5) is 11.4 Å². The third kappa shape index (κ3) is 7.75. The van der Waals surface area contributed by atoms with Gasteiger partial charge >= 0.3 is 0 Å². The van der Waals surface area contributed by atoms with Gasteiger partial charge in [-0.3, -0.25) is 9.59 Å². The van der Waals surface area contributed by atoms with Gasteiger partial charge in [0.1, 0.15) is 5.75 Å². The minimum Gasteiger partial charge on any atom is -0.483 e. The van der Waals surface area contributed by atoms with E-state index in [9.17, 15) is 9.59 Å². The molecular formula is C27H29BrN2O3. The van der Waals surface area contributed by atoms with Crippen LogP contribution in [0.1, 0.15) is 38.3 Å². The molecule has 0 unspecified atom stereocenters. The number of benzene rings is 3. The largest absolute Gasteiger partial charge is 0.483 e. The lowest BCUT2D eigenvalue weighted by atomic mass is 9.86. The summed E-state index contributed by atoms with van der Waals surface area (Å²) in [6, 6.07) is 22.8. The number of carbonyl (C=O) groups excluding carboxylic acids is 2. The summed E-state index contributed by atoms with van der Waals surface area (Å²) in [4.78, 5) is 24.8. The van der Waals surface area contributed by atoms with Crippen LogP contribution in [0, 0.1) is 0 Å². The Bertz CT molecular complexity index is 1110. The Morgan fingerprint density at radius 1 is 0.848 bits per heavy atom. The number of rotatable bonds is 8. The number of halogens is 1. The monoisotopic (exact) mass is 508 g/mol. The topological polar surface area (TPSA) is 67.4 Å². The van der Waals surface area contributed by atoms with Crippen LogP contribution in [0.2, 0.25) is 0 Å². The summed E-state index contributed by atoms with van der Waals surface area (Å²) in [5.41, 5.74) is 3.24. The van der Waals surface area contributed by atoms with Crippen molar-refractivity contribution in [1.82, 2.24) is 0 Å². The van der Waals surface area contributed by atoms with E-state index in [0.717, 1.165) is 15.6 Å². The van der Waals surface area contributed by atoms with E-state index < -0.39 is 0 Å². The molecule has 3 aromatic rings. The fourth-order valence-corrected chi connectivity index (χ4v) is 3.72. The van der Waals surface area contributed by atoms with Crippen molar-refractivity contribution in [2.75, 3.05) is 17.2 Å². The fourth-order valence-electron chi connectivity index (χ4n) is 3.36. The summed E-state index contributed by atoms with van der Waals surface area (Å²) in [5.74, 6) is 0.334. The van der Waals surface area contributed by atoms with Crippen molar-refractivity contribution >= 4 is 39.1 Å². The quantitative estimate of drug-likeness (QED) is 0.373. The van der Waals surface area contributed by atoms with Crippen molar-refractivity contribution in [3.63, 3.8) is 0 Å². The molecular weight excluding hydrogens is 480 g/mol. The maximum absolute atomic E-state index is 12.5. The van der Waals surface area contributed by atoms with E-state index in [2.05, 4.69) is 47.3 Å². The molecule has 0 heterocycles. The van der Waals surface area contributed by atoms with Crippen LogP contribution in [0.5, 0.6) is 5.75 Å². The Labute approximate surface area is 203 Å². The van der Waals surface area contributed by atoms with Gasteiger partial charge in [-0.2, -0.15) is 0 Å². The lowest BCUT2D eigenvalue weighted by molar-refractivity contribution is -0.118. The van der Waals surface area contributed by atoms with E-state index in [0.29, 0.717) is 30.0 Å². The third-order valence-corrected chi connectivity index (χ3v) is 5.52. The summed E-state index contributed by atoms with van der Waals surface area (Å²) < 4.78 is 6.78. The molecule has 0 aliphatic heterocycles. The van der Waals surface area contributed by atoms with Gasteiger partial charge in [0.25, 0.3) is 5.91 Å². The molecule has 2 N–H and O–H groups in total. The molecule has 6 heteroatoms. The van der Waals surface area contributed by atoms with Gasteiger partial charge in [-0.25, -0.2) is 0 Å². The van der Waals surface area contributed by atoms with Gasteiger partial charge in [0, 0.05) is 27.8 Å². The number of amides is 2. The normalized spacial score (nSPS) is 11.0. The molecule has 5 nitrogen and oxygen atoms in total. The van der Waals surface area contributed by atoms with E-state index in [1.807, 2.05) is 48.5 Å². The Morgan fingerprint density at radius 3 is 2.18 bits per heavy atom. The number of ether oxygens (including phenoxy) is 1. The van der Waals surface area contributed by atoms with Crippen LogP contribution in [-0.2, 0) is 21.4 Å². The number of nitrogens with one attached hydrogen (secondary N) is 2. The highest BCUT2D eigenvalue weighted by molar-refractivity contribution is 9.10. The molecule has 0 spiro atoms. The van der Waals surface area contributed by atoms with E-state index in [4.69, 9.17) is 4.74 Å². The summed E-state index contributed by atoms with van der Waals surface area (Å²) in [7, 11) is 0. The van der Waals surface area contributed by atoms with Gasteiger partial charge in [0.15, 0.2) is 6.61 Å². The number of hydrogen-bond acceptors (Lipinski definition) is 3. The van der Waals surface area contributed by atoms with Gasteiger partial charge in [-0.05, 0) is 53.8 Å². The first-order valence-corrected chi connectivity index (χ1v) is 11.7. The van der Waals surface area contributed by atoms with Crippen LogP contribution in [0.3, 0.4) is 0 Å². The number of hydrogen-bond donors (Lipinski definition) is 2. The van der Waals surface area contributed by atoms with Crippen LogP contribution < -0.4 is 15.4 Å². The van der Waals surface area contributed by atoms with Crippen molar-refractivity contribution in [3.05, 3.63) is 88.4 Å². The fraction of sp³-hybridized carbons (Fsp3) is 0.259. The van der Waals surface area contributed by atoms with E-state index >= 15 is 0 Å². The molecule has 0 radical (unpaired) electrons. The molecule has 33 heavy (non-hydrogen) atoms. The minimum atomic E-state index is -0.273. The first-order chi connectivity index (χ1) is 15.7. The van der Waals surface area contributed by atoms with E-state index in [1.165, 1.54) is 0 Å². The summed E-state index contributed by atoms with van der Waals surface area (Å²) in [6.07, 6.45) is 1.06. The Balaban J connectivity index is 1.54. The molecule has 0 saturated carbocycles. The smallest absolute Gasteiger partial charge is 0.262 e.